The topological polar surface area (TPSA) is 188 Å². The lowest BCUT2D eigenvalue weighted by Crippen LogP contribution is -2.40. The fourth-order valence-corrected chi connectivity index (χ4v) is 4.46. The predicted molar refractivity (Wildman–Crippen MR) is 75.8 cm³/mol. The Morgan fingerprint density at radius 1 is 1.27 bits per heavy atom. The Bertz CT molecular complexity index is 403. The van der Waals surface area contributed by atoms with E-state index in [4.69, 9.17) is 10.2 Å². The molecule has 12 heteroatoms. The Labute approximate surface area is 131 Å². The van der Waals surface area contributed by atoms with E-state index >= 15 is 0 Å². The fourth-order valence-electron chi connectivity index (χ4n) is 1.74. The van der Waals surface area contributed by atoms with Crippen LogP contribution in [0.1, 0.15) is 0 Å². The van der Waals surface area contributed by atoms with Crippen molar-refractivity contribution in [2.24, 2.45) is 0 Å². The van der Waals surface area contributed by atoms with Crippen molar-refractivity contribution >= 4 is 21.3 Å². The molecule has 0 aromatic heterocycles. The van der Waals surface area contributed by atoms with E-state index in [0.717, 1.165) is 7.11 Å². The minimum Gasteiger partial charge on any atom is -0.726 e. The average Bonchev–Trinajstić information content (AvgIpc) is 2.72. The first kappa shape index (κ1) is 22.0. The lowest BCUT2D eigenvalue weighted by molar-refractivity contribution is -0.00229. The molecule has 2 unspecified atom stereocenters. The van der Waals surface area contributed by atoms with Crippen LogP contribution in [0.15, 0.2) is 0 Å². The number of aliphatic hydroxyl groups excluding tert-OH is 6. The van der Waals surface area contributed by atoms with Gasteiger partial charge in [0.15, 0.2) is 5.25 Å². The van der Waals surface area contributed by atoms with Crippen LogP contribution in [0.3, 0.4) is 0 Å². The zero-order valence-electron chi connectivity index (χ0n) is 11.8. The Hall–Kier alpha value is -0.0200. The van der Waals surface area contributed by atoms with Gasteiger partial charge >= 0.3 is 0 Å². The highest BCUT2D eigenvalue weighted by molar-refractivity contribution is 7.97. The summed E-state index contributed by atoms with van der Waals surface area (Å²) >= 11 is 0. The Balaban J connectivity index is 0.000000626. The van der Waals surface area contributed by atoms with Crippen LogP contribution in [0.4, 0.5) is 0 Å². The molecule has 0 saturated carbocycles. The third-order valence-corrected chi connectivity index (χ3v) is 6.22. The van der Waals surface area contributed by atoms with Crippen molar-refractivity contribution in [3.63, 3.8) is 0 Å². The van der Waals surface area contributed by atoms with Gasteiger partial charge in [0.2, 0.25) is 10.4 Å². The van der Waals surface area contributed by atoms with E-state index in [1.54, 1.807) is 0 Å². The molecule has 0 spiro atoms. The lowest BCUT2D eigenvalue weighted by Gasteiger charge is -2.17. The van der Waals surface area contributed by atoms with Crippen LogP contribution in [-0.2, 0) is 25.5 Å². The molecule has 1 aliphatic heterocycles. The van der Waals surface area contributed by atoms with E-state index in [-0.39, 0.29) is 12.4 Å². The van der Waals surface area contributed by atoms with Crippen LogP contribution in [0, 0.1) is 0 Å². The quantitative estimate of drug-likeness (QED) is 0.152. The second-order valence-corrected chi connectivity index (χ2v) is 8.04. The molecule has 134 valence electrons. The van der Waals surface area contributed by atoms with Gasteiger partial charge in [-0.3, -0.25) is 4.18 Å². The van der Waals surface area contributed by atoms with E-state index in [0.29, 0.717) is 5.75 Å². The van der Waals surface area contributed by atoms with E-state index in [9.17, 15) is 33.4 Å². The normalized spacial score (nSPS) is 31.3. The van der Waals surface area contributed by atoms with E-state index in [2.05, 4.69) is 4.18 Å². The summed E-state index contributed by atoms with van der Waals surface area (Å²) in [7, 11) is -4.15. The first-order valence-electron chi connectivity index (χ1n) is 6.19. The third-order valence-electron chi connectivity index (χ3n) is 2.99. The molecule has 0 aromatic carbocycles. The summed E-state index contributed by atoms with van der Waals surface area (Å²) < 4.78 is 31.0. The van der Waals surface area contributed by atoms with Crippen molar-refractivity contribution < 1.29 is 47.8 Å². The first-order valence-corrected chi connectivity index (χ1v) is 9.15. The highest BCUT2D eigenvalue weighted by atomic mass is 32.3. The molecule has 1 saturated heterocycles. The number of hydrogen-bond acceptors (Lipinski definition) is 10. The average molecular weight is 366 g/mol. The summed E-state index contributed by atoms with van der Waals surface area (Å²) in [5, 5.41) is 54.9. The molecule has 1 fully saturated rings. The van der Waals surface area contributed by atoms with E-state index in [1.807, 2.05) is 0 Å². The minimum absolute atomic E-state index is 0.168. The molecule has 1 aliphatic rings. The summed E-state index contributed by atoms with van der Waals surface area (Å²) in [5.74, 6) is 0.475. The second kappa shape index (κ2) is 9.97. The zero-order valence-corrected chi connectivity index (χ0v) is 13.5. The predicted octanol–water partition coefficient (Wildman–Crippen LogP) is -4.49. The van der Waals surface area contributed by atoms with Crippen molar-refractivity contribution in [2.45, 2.75) is 29.7 Å². The molecule has 10 nitrogen and oxygen atoms in total. The fraction of sp³-hybridized carbons (Fsp3) is 1.00. The van der Waals surface area contributed by atoms with Gasteiger partial charge in [0.1, 0.15) is 35.9 Å². The smallest absolute Gasteiger partial charge is 0.217 e. The van der Waals surface area contributed by atoms with Gasteiger partial charge in [-0.2, -0.15) is 0 Å². The first-order chi connectivity index (χ1) is 10.1. The zero-order chi connectivity index (χ0) is 17.5. The van der Waals surface area contributed by atoms with Crippen molar-refractivity contribution in [3.8, 4) is 0 Å². The maximum atomic E-state index is 9.54. The van der Waals surface area contributed by atoms with Gasteiger partial charge in [0.25, 0.3) is 0 Å². The van der Waals surface area contributed by atoms with Crippen molar-refractivity contribution in [3.05, 3.63) is 0 Å². The standard InChI is InChI=1S/C9H19O6S.CH4O4S/c10-1-5(12)6(13)3-16-4-7(14)9(15)8(16)2-11;1-5-6(2,3)4/h5-15H,1-4H2;1H3,(H,2,3,4)/q+1;/p-1/t5-,6?,7+,8+,9-,16?;/m0./s1. The highest BCUT2D eigenvalue weighted by Gasteiger charge is 2.50. The molecule has 0 amide bonds. The lowest BCUT2D eigenvalue weighted by atomic mass is 10.2. The monoisotopic (exact) mass is 366 g/mol. The SMILES string of the molecule is COS(=O)(=O)[O-].OC[C@@H]1[C@@H](O)[C@H](O)C[S+]1CC(O)[C@@H](O)CO. The van der Waals surface area contributed by atoms with Gasteiger partial charge in [-0.25, -0.2) is 8.42 Å². The molecule has 0 aliphatic carbocycles. The van der Waals surface area contributed by atoms with Crippen LogP contribution < -0.4 is 0 Å². The maximum Gasteiger partial charge on any atom is 0.217 e. The van der Waals surface area contributed by atoms with Gasteiger partial charge in [0.05, 0.1) is 20.3 Å². The van der Waals surface area contributed by atoms with Crippen LogP contribution in [-0.4, -0.2) is 105 Å². The molecule has 22 heavy (non-hydrogen) atoms. The Morgan fingerprint density at radius 2 is 1.77 bits per heavy atom. The Kier molecular flexibility index (Phi) is 9.96. The highest BCUT2D eigenvalue weighted by Crippen LogP contribution is 2.24. The van der Waals surface area contributed by atoms with Crippen molar-refractivity contribution in [1.29, 1.82) is 0 Å². The largest absolute Gasteiger partial charge is 0.726 e. The van der Waals surface area contributed by atoms with Crippen LogP contribution in [0.2, 0.25) is 0 Å². The van der Waals surface area contributed by atoms with E-state index < -0.39 is 57.6 Å². The van der Waals surface area contributed by atoms with Crippen LogP contribution in [0.5, 0.6) is 0 Å². The molecule has 0 radical (unpaired) electrons. The Morgan fingerprint density at radius 3 is 2.14 bits per heavy atom. The van der Waals surface area contributed by atoms with Gasteiger partial charge in [-0.05, 0) is 0 Å². The summed E-state index contributed by atoms with van der Waals surface area (Å²) in [4.78, 5) is 0. The number of aliphatic hydroxyl groups is 6. The molecule has 6 atom stereocenters. The molecular weight excluding hydrogens is 344 g/mol. The van der Waals surface area contributed by atoms with Gasteiger partial charge < -0.3 is 35.2 Å². The van der Waals surface area contributed by atoms with Crippen molar-refractivity contribution in [2.75, 3.05) is 31.8 Å². The summed E-state index contributed by atoms with van der Waals surface area (Å²) in [6, 6.07) is 0. The maximum absolute atomic E-state index is 9.54. The minimum atomic E-state index is -4.41. The second-order valence-electron chi connectivity index (χ2n) is 4.54. The van der Waals surface area contributed by atoms with E-state index in [1.165, 1.54) is 0 Å². The third kappa shape index (κ3) is 7.50. The number of hydrogen-bond donors (Lipinski definition) is 6. The molecule has 0 bridgehead atoms. The van der Waals surface area contributed by atoms with Crippen LogP contribution in [0.25, 0.3) is 0 Å². The molecule has 1 heterocycles. The summed E-state index contributed by atoms with van der Waals surface area (Å²) in [5.41, 5.74) is 0. The molecule has 1 rings (SSSR count). The van der Waals surface area contributed by atoms with Gasteiger partial charge in [-0.15, -0.1) is 0 Å². The molecule has 0 aromatic rings. The summed E-state index contributed by atoms with van der Waals surface area (Å²) in [6.45, 7) is -0.795. The van der Waals surface area contributed by atoms with Gasteiger partial charge in [-0.1, -0.05) is 0 Å². The number of rotatable bonds is 6. The van der Waals surface area contributed by atoms with Crippen molar-refractivity contribution in [1.82, 2.24) is 0 Å². The molecular formula is C10H22O10S2. The van der Waals surface area contributed by atoms with Crippen LogP contribution >= 0.6 is 0 Å². The van der Waals surface area contributed by atoms with Gasteiger partial charge in [0, 0.05) is 10.9 Å². The molecule has 6 N–H and O–H groups in total. The summed E-state index contributed by atoms with van der Waals surface area (Å²) in [6.07, 6.45) is -4.19.